The van der Waals surface area contributed by atoms with Crippen LogP contribution in [-0.4, -0.2) is 49.9 Å². The molecule has 37 heavy (non-hydrogen) atoms. The zero-order valence-electron chi connectivity index (χ0n) is 23.2. The molecule has 0 heterocycles. The van der Waals surface area contributed by atoms with Crippen LogP contribution in [-0.2, 0) is 27.9 Å². The molecule has 9 heteroatoms. The van der Waals surface area contributed by atoms with Crippen molar-refractivity contribution < 1.29 is 32.8 Å². The van der Waals surface area contributed by atoms with Gasteiger partial charge in [-0.3, -0.25) is 13.8 Å². The lowest BCUT2D eigenvalue weighted by molar-refractivity contribution is -0.154. The van der Waals surface area contributed by atoms with E-state index in [0.29, 0.717) is 6.61 Å². The quantitative estimate of drug-likeness (QED) is 0.0528. The predicted molar refractivity (Wildman–Crippen MR) is 150 cm³/mol. The Morgan fingerprint density at radius 1 is 0.811 bits per heavy atom. The lowest BCUT2D eigenvalue weighted by atomic mass is 10.1. The zero-order valence-corrected chi connectivity index (χ0v) is 24.1. The second-order valence-electron chi connectivity index (χ2n) is 8.84. The predicted octanol–water partition coefficient (Wildman–Crippen LogP) is 6.79. The number of esters is 1. The van der Waals surface area contributed by atoms with Gasteiger partial charge in [-0.25, -0.2) is 4.57 Å². The minimum absolute atomic E-state index is 0.0962. The summed E-state index contributed by atoms with van der Waals surface area (Å²) in [5.74, 6) is -0.424. The molecule has 2 atom stereocenters. The second kappa shape index (κ2) is 26.3. The van der Waals surface area contributed by atoms with Crippen LogP contribution in [0.3, 0.4) is 0 Å². The SMILES string of the molecule is CC/C=C\C/C=C\C/C=C\CCCCCCCCCCOCC(COP(=O)(O)OCCN)OC(=O)CC. The number of allylic oxidation sites excluding steroid dienone is 6. The minimum Gasteiger partial charge on any atom is -0.457 e. The van der Waals surface area contributed by atoms with E-state index in [2.05, 4.69) is 47.9 Å². The smallest absolute Gasteiger partial charge is 0.457 e. The molecule has 0 rings (SSSR count). The highest BCUT2D eigenvalue weighted by molar-refractivity contribution is 7.47. The van der Waals surface area contributed by atoms with Crippen molar-refractivity contribution in [3.63, 3.8) is 0 Å². The second-order valence-corrected chi connectivity index (χ2v) is 10.3. The number of hydrogen-bond donors (Lipinski definition) is 2. The number of carbonyl (C=O) groups excluding carboxylic acids is 1. The highest BCUT2D eigenvalue weighted by atomic mass is 31.2. The van der Waals surface area contributed by atoms with Gasteiger partial charge in [-0.1, -0.05) is 88.8 Å². The molecule has 0 aromatic carbocycles. The molecule has 0 amide bonds. The monoisotopic (exact) mass is 545 g/mol. The Morgan fingerprint density at radius 3 is 2.03 bits per heavy atom. The van der Waals surface area contributed by atoms with E-state index in [1.54, 1.807) is 6.92 Å². The maximum Gasteiger partial charge on any atom is 0.472 e. The molecule has 0 aliphatic carbocycles. The Hall–Kier alpha value is -1.28. The Balaban J connectivity index is 3.73. The molecule has 0 aliphatic heterocycles. The van der Waals surface area contributed by atoms with Crippen molar-refractivity contribution in [1.29, 1.82) is 0 Å². The molecule has 3 N–H and O–H groups in total. The van der Waals surface area contributed by atoms with Gasteiger partial charge in [0.2, 0.25) is 0 Å². The topological polar surface area (TPSA) is 117 Å². The van der Waals surface area contributed by atoms with Gasteiger partial charge in [-0.2, -0.15) is 0 Å². The molecule has 0 aromatic rings. The molecule has 0 spiro atoms. The van der Waals surface area contributed by atoms with E-state index < -0.39 is 19.9 Å². The standard InChI is InChI=1S/C28H52NO7P/c1-3-5-6-7-8-9-10-11-12-13-14-15-16-17-18-19-20-21-23-33-25-27(36-28(30)4-2)26-35-37(31,32)34-24-22-29/h5-6,8-9,11-12,27H,3-4,7,10,13-26,29H2,1-2H3,(H,31,32)/b6-5-,9-8-,12-11-. The van der Waals surface area contributed by atoms with E-state index in [0.717, 1.165) is 38.5 Å². The maximum atomic E-state index is 11.8. The summed E-state index contributed by atoms with van der Waals surface area (Å²) >= 11 is 0. The van der Waals surface area contributed by atoms with Gasteiger partial charge in [0, 0.05) is 19.6 Å². The van der Waals surface area contributed by atoms with Gasteiger partial charge in [0.1, 0.15) is 6.10 Å². The fraction of sp³-hybridized carbons (Fsp3) is 0.750. The molecule has 0 aliphatic rings. The van der Waals surface area contributed by atoms with Crippen LogP contribution < -0.4 is 5.73 Å². The summed E-state index contributed by atoms with van der Waals surface area (Å²) in [5.41, 5.74) is 5.25. The number of carbonyl (C=O) groups is 1. The molecule has 0 saturated heterocycles. The summed E-state index contributed by atoms with van der Waals surface area (Å²) in [6.07, 6.45) is 26.6. The first-order valence-electron chi connectivity index (χ1n) is 14.0. The van der Waals surface area contributed by atoms with Gasteiger partial charge in [0.25, 0.3) is 0 Å². The third-order valence-electron chi connectivity index (χ3n) is 5.38. The van der Waals surface area contributed by atoms with Gasteiger partial charge in [-0.05, 0) is 38.5 Å². The summed E-state index contributed by atoms with van der Waals surface area (Å²) in [5, 5.41) is 0. The van der Waals surface area contributed by atoms with Gasteiger partial charge in [0.15, 0.2) is 0 Å². The summed E-state index contributed by atoms with van der Waals surface area (Å²) in [6.45, 7) is 4.18. The molecule has 2 unspecified atom stereocenters. The molecule has 0 radical (unpaired) electrons. The van der Waals surface area contributed by atoms with Crippen molar-refractivity contribution in [1.82, 2.24) is 0 Å². The number of unbranched alkanes of at least 4 members (excludes halogenated alkanes) is 8. The van der Waals surface area contributed by atoms with E-state index in [-0.39, 0.29) is 32.8 Å². The van der Waals surface area contributed by atoms with Crippen molar-refractivity contribution in [2.24, 2.45) is 5.73 Å². The lowest BCUT2D eigenvalue weighted by Gasteiger charge is -2.19. The van der Waals surface area contributed by atoms with E-state index >= 15 is 0 Å². The fourth-order valence-corrected chi connectivity index (χ4v) is 4.10. The largest absolute Gasteiger partial charge is 0.472 e. The van der Waals surface area contributed by atoms with Crippen molar-refractivity contribution in [2.45, 2.75) is 103 Å². The molecule has 8 nitrogen and oxygen atoms in total. The van der Waals surface area contributed by atoms with Crippen molar-refractivity contribution in [3.05, 3.63) is 36.5 Å². The van der Waals surface area contributed by atoms with Crippen LogP contribution >= 0.6 is 7.82 Å². The Labute approximate surface area is 225 Å². The third kappa shape index (κ3) is 26.1. The van der Waals surface area contributed by atoms with Gasteiger partial charge < -0.3 is 20.1 Å². The molecule has 0 fully saturated rings. The van der Waals surface area contributed by atoms with Crippen LogP contribution in [0, 0.1) is 0 Å². The number of ether oxygens (including phenoxy) is 2. The lowest BCUT2D eigenvalue weighted by Crippen LogP contribution is -2.28. The number of phosphoric acid groups is 1. The summed E-state index contributed by atoms with van der Waals surface area (Å²) in [7, 11) is -4.23. The molecule has 0 aromatic heterocycles. The normalized spacial score (nSPS) is 14.6. The minimum atomic E-state index is -4.23. The molecular weight excluding hydrogens is 493 g/mol. The molecule has 0 saturated carbocycles. The fourth-order valence-electron chi connectivity index (χ4n) is 3.34. The van der Waals surface area contributed by atoms with Crippen LogP contribution in [0.2, 0.25) is 0 Å². The molecule has 0 bridgehead atoms. The number of hydrogen-bond acceptors (Lipinski definition) is 7. The third-order valence-corrected chi connectivity index (χ3v) is 6.36. The highest BCUT2D eigenvalue weighted by Gasteiger charge is 2.24. The maximum absolute atomic E-state index is 11.8. The summed E-state index contributed by atoms with van der Waals surface area (Å²) < 4.78 is 32.2. The highest BCUT2D eigenvalue weighted by Crippen LogP contribution is 2.43. The van der Waals surface area contributed by atoms with Crippen LogP contribution in [0.4, 0.5) is 0 Å². The Bertz CT molecular complexity index is 667. The first-order chi connectivity index (χ1) is 17.9. The van der Waals surface area contributed by atoms with E-state index in [9.17, 15) is 14.3 Å². The van der Waals surface area contributed by atoms with Crippen LogP contribution in [0.25, 0.3) is 0 Å². The van der Waals surface area contributed by atoms with Crippen molar-refractivity contribution in [2.75, 3.05) is 33.0 Å². The van der Waals surface area contributed by atoms with E-state index in [4.69, 9.17) is 19.7 Å². The number of nitrogens with two attached hydrogens (primary N) is 1. The van der Waals surface area contributed by atoms with Gasteiger partial charge in [-0.15, -0.1) is 0 Å². The molecular formula is C28H52NO7P. The number of phosphoric ester groups is 1. The average Bonchev–Trinajstić information content (AvgIpc) is 2.89. The van der Waals surface area contributed by atoms with Crippen molar-refractivity contribution >= 4 is 13.8 Å². The van der Waals surface area contributed by atoms with Crippen molar-refractivity contribution in [3.8, 4) is 0 Å². The zero-order chi connectivity index (χ0) is 27.5. The van der Waals surface area contributed by atoms with Crippen LogP contribution in [0.5, 0.6) is 0 Å². The molecule has 216 valence electrons. The van der Waals surface area contributed by atoms with E-state index in [1.165, 1.54) is 38.5 Å². The summed E-state index contributed by atoms with van der Waals surface area (Å²) in [6, 6.07) is 0. The van der Waals surface area contributed by atoms with Crippen LogP contribution in [0.15, 0.2) is 36.5 Å². The van der Waals surface area contributed by atoms with Gasteiger partial charge >= 0.3 is 13.8 Å². The first-order valence-corrected chi connectivity index (χ1v) is 15.5. The average molecular weight is 546 g/mol. The van der Waals surface area contributed by atoms with Gasteiger partial charge in [0.05, 0.1) is 19.8 Å². The number of rotatable bonds is 26. The van der Waals surface area contributed by atoms with E-state index in [1.807, 2.05) is 0 Å². The Morgan fingerprint density at radius 2 is 1.41 bits per heavy atom. The van der Waals surface area contributed by atoms with Crippen LogP contribution in [0.1, 0.15) is 97.3 Å². The Kier molecular flexibility index (Phi) is 25.4. The first kappa shape index (κ1) is 35.7. The summed E-state index contributed by atoms with van der Waals surface area (Å²) in [4.78, 5) is 21.2.